The number of nitrogens with zero attached hydrogens (tertiary/aromatic N) is 4. The van der Waals surface area contributed by atoms with Gasteiger partial charge in [-0.15, -0.1) is 10.2 Å². The van der Waals surface area contributed by atoms with Gasteiger partial charge < -0.3 is 4.42 Å². The smallest absolute Gasteiger partial charge is 0.284 e. The van der Waals surface area contributed by atoms with Crippen LogP contribution in [0.1, 0.15) is 12.5 Å². The molecule has 4 aromatic rings. The van der Waals surface area contributed by atoms with Gasteiger partial charge in [-0.1, -0.05) is 36.4 Å². The summed E-state index contributed by atoms with van der Waals surface area (Å²) in [6.45, 7) is 3.77. The number of hydrogen-bond donors (Lipinski definition) is 0. The van der Waals surface area contributed by atoms with Crippen LogP contribution in [0, 0.1) is 17.0 Å². The Labute approximate surface area is 200 Å². The van der Waals surface area contributed by atoms with Gasteiger partial charge >= 0.3 is 0 Å². The van der Waals surface area contributed by atoms with E-state index in [1.54, 1.807) is 37.3 Å². The number of anilines is 1. The van der Waals surface area contributed by atoms with E-state index >= 15 is 0 Å². The number of rotatable bonds is 8. The average Bonchev–Trinajstić information content (AvgIpc) is 3.28. The molecule has 0 aliphatic carbocycles. The molecule has 34 heavy (non-hydrogen) atoms. The third-order valence-corrected chi connectivity index (χ3v) is 7.83. The quantitative estimate of drug-likeness (QED) is 0.237. The van der Waals surface area contributed by atoms with Crippen LogP contribution in [0.4, 0.5) is 11.4 Å². The molecule has 0 unspecified atom stereocenters. The summed E-state index contributed by atoms with van der Waals surface area (Å²) in [5, 5.41) is 19.9. The summed E-state index contributed by atoms with van der Waals surface area (Å²) in [4.78, 5) is 11.2. The number of benzene rings is 3. The third kappa shape index (κ3) is 4.66. The van der Waals surface area contributed by atoms with Gasteiger partial charge in [0.1, 0.15) is 0 Å². The van der Waals surface area contributed by atoms with E-state index in [2.05, 4.69) is 10.2 Å². The van der Waals surface area contributed by atoms with Gasteiger partial charge in [-0.3, -0.25) is 14.4 Å². The Hall–Kier alpha value is -3.70. The zero-order chi connectivity index (χ0) is 24.3. The number of para-hydroxylation sites is 1. The van der Waals surface area contributed by atoms with Crippen LogP contribution in [0.15, 0.2) is 92.2 Å². The van der Waals surface area contributed by atoms with Crippen LogP contribution in [0.5, 0.6) is 0 Å². The van der Waals surface area contributed by atoms with Crippen molar-refractivity contribution in [1.82, 2.24) is 10.2 Å². The second kappa shape index (κ2) is 9.65. The van der Waals surface area contributed by atoms with Crippen LogP contribution < -0.4 is 4.31 Å². The first-order valence-electron chi connectivity index (χ1n) is 10.2. The van der Waals surface area contributed by atoms with Crippen molar-refractivity contribution in [3.63, 3.8) is 0 Å². The van der Waals surface area contributed by atoms with E-state index < -0.39 is 14.9 Å². The molecule has 4 rings (SSSR count). The lowest BCUT2D eigenvalue weighted by Crippen LogP contribution is -2.30. The molecule has 9 nitrogen and oxygen atoms in total. The lowest BCUT2D eigenvalue weighted by molar-refractivity contribution is -0.388. The topological polar surface area (TPSA) is 119 Å². The summed E-state index contributed by atoms with van der Waals surface area (Å²) in [6.07, 6.45) is 0. The van der Waals surface area contributed by atoms with E-state index in [1.807, 2.05) is 31.2 Å². The summed E-state index contributed by atoms with van der Waals surface area (Å²) in [5.41, 5.74) is 1.81. The summed E-state index contributed by atoms with van der Waals surface area (Å²) in [7, 11) is -4.02. The largest absolute Gasteiger partial charge is 0.411 e. The van der Waals surface area contributed by atoms with E-state index in [-0.39, 0.29) is 27.2 Å². The van der Waals surface area contributed by atoms with Crippen molar-refractivity contribution in [1.29, 1.82) is 0 Å². The normalized spacial score (nSPS) is 11.4. The van der Waals surface area contributed by atoms with Crippen molar-refractivity contribution in [3.05, 3.63) is 88.5 Å². The van der Waals surface area contributed by atoms with Crippen LogP contribution >= 0.6 is 11.8 Å². The van der Waals surface area contributed by atoms with Crippen molar-refractivity contribution < 1.29 is 17.8 Å². The zero-order valence-electron chi connectivity index (χ0n) is 18.3. The van der Waals surface area contributed by atoms with E-state index in [4.69, 9.17) is 4.42 Å². The maximum Gasteiger partial charge on any atom is 0.284 e. The van der Waals surface area contributed by atoms with Crippen molar-refractivity contribution in [2.24, 2.45) is 0 Å². The first kappa shape index (κ1) is 23.5. The molecule has 0 radical (unpaired) electrons. The number of aryl methyl sites for hydroxylation is 1. The van der Waals surface area contributed by atoms with Crippen molar-refractivity contribution in [2.45, 2.75) is 28.9 Å². The molecule has 0 N–H and O–H groups in total. The standard InChI is InChI=1S/C23H20N4O5S2/c1-3-26(17-10-5-4-6-11-17)34(30,31)18-13-14-21(20(15-18)27(28)29)33-23-25-24-22(32-23)19-12-8-7-9-16(19)2/h4-15H,3H2,1-2H3. The Morgan fingerprint density at radius 3 is 2.41 bits per heavy atom. The SMILES string of the molecule is CCN(c1ccccc1)S(=O)(=O)c1ccc(Sc2nnc(-c3ccccc3C)o2)c([N+](=O)[O-])c1. The highest BCUT2D eigenvalue weighted by molar-refractivity contribution is 7.99. The first-order valence-corrected chi connectivity index (χ1v) is 12.5. The van der Waals surface area contributed by atoms with Gasteiger partial charge in [0.25, 0.3) is 20.9 Å². The number of hydrogen-bond acceptors (Lipinski definition) is 8. The molecule has 174 valence electrons. The third-order valence-electron chi connectivity index (χ3n) is 5.03. The maximum absolute atomic E-state index is 13.3. The van der Waals surface area contributed by atoms with E-state index in [0.29, 0.717) is 11.6 Å². The second-order valence-corrected chi connectivity index (χ2v) is 10.0. The van der Waals surface area contributed by atoms with Gasteiger partial charge in [0.05, 0.1) is 20.4 Å². The number of nitro benzene ring substituents is 1. The fraction of sp³-hybridized carbons (Fsp3) is 0.130. The summed E-state index contributed by atoms with van der Waals surface area (Å²) in [6, 6.07) is 19.8. The van der Waals surface area contributed by atoms with Gasteiger partial charge in [0, 0.05) is 18.2 Å². The highest BCUT2D eigenvalue weighted by Gasteiger charge is 2.28. The first-order chi connectivity index (χ1) is 16.3. The molecule has 0 saturated carbocycles. The average molecular weight is 497 g/mol. The van der Waals surface area contributed by atoms with Gasteiger partial charge in [-0.2, -0.15) is 0 Å². The minimum Gasteiger partial charge on any atom is -0.411 e. The minimum absolute atomic E-state index is 0.108. The molecule has 1 heterocycles. The van der Waals surface area contributed by atoms with E-state index in [9.17, 15) is 18.5 Å². The molecule has 0 aliphatic rings. The van der Waals surface area contributed by atoms with Crippen molar-refractivity contribution in [3.8, 4) is 11.5 Å². The Morgan fingerprint density at radius 2 is 1.74 bits per heavy atom. The Balaban J connectivity index is 1.67. The number of nitro groups is 1. The van der Waals surface area contributed by atoms with Gasteiger partial charge in [0.2, 0.25) is 5.89 Å². The predicted molar refractivity (Wildman–Crippen MR) is 128 cm³/mol. The Bertz CT molecular complexity index is 1440. The summed E-state index contributed by atoms with van der Waals surface area (Å²) in [5.74, 6) is 0.295. The second-order valence-electron chi connectivity index (χ2n) is 7.18. The van der Waals surface area contributed by atoms with Gasteiger partial charge in [-0.05, 0) is 61.5 Å². The highest BCUT2D eigenvalue weighted by atomic mass is 32.2. The van der Waals surface area contributed by atoms with Crippen molar-refractivity contribution in [2.75, 3.05) is 10.8 Å². The van der Waals surface area contributed by atoms with Gasteiger partial charge in [-0.25, -0.2) is 8.42 Å². The highest BCUT2D eigenvalue weighted by Crippen LogP contribution is 2.37. The fourth-order valence-electron chi connectivity index (χ4n) is 3.37. The molecule has 3 aromatic carbocycles. The fourth-order valence-corrected chi connectivity index (χ4v) is 5.62. The van der Waals surface area contributed by atoms with E-state index in [0.717, 1.165) is 29.0 Å². The Morgan fingerprint density at radius 1 is 1.03 bits per heavy atom. The molecule has 0 atom stereocenters. The van der Waals surface area contributed by atoms with Crippen LogP contribution in [-0.2, 0) is 10.0 Å². The van der Waals surface area contributed by atoms with Crippen LogP contribution in [0.2, 0.25) is 0 Å². The molecule has 0 spiro atoms. The molecule has 0 amide bonds. The van der Waals surface area contributed by atoms with Crippen LogP contribution in [0.3, 0.4) is 0 Å². The lowest BCUT2D eigenvalue weighted by atomic mass is 10.1. The van der Waals surface area contributed by atoms with Crippen LogP contribution in [0.25, 0.3) is 11.5 Å². The molecule has 11 heteroatoms. The Kier molecular flexibility index (Phi) is 6.66. The zero-order valence-corrected chi connectivity index (χ0v) is 19.9. The molecule has 0 aliphatic heterocycles. The molecular formula is C23H20N4O5S2. The predicted octanol–water partition coefficient (Wildman–Crippen LogP) is 5.32. The molecule has 0 fully saturated rings. The minimum atomic E-state index is -4.02. The lowest BCUT2D eigenvalue weighted by Gasteiger charge is -2.22. The molecule has 0 saturated heterocycles. The molecular weight excluding hydrogens is 476 g/mol. The summed E-state index contributed by atoms with van der Waals surface area (Å²) >= 11 is 0.903. The van der Waals surface area contributed by atoms with E-state index in [1.165, 1.54) is 16.4 Å². The number of sulfonamides is 1. The monoisotopic (exact) mass is 496 g/mol. The number of aromatic nitrogens is 2. The molecule has 1 aromatic heterocycles. The van der Waals surface area contributed by atoms with Gasteiger partial charge in [0.15, 0.2) is 0 Å². The summed E-state index contributed by atoms with van der Waals surface area (Å²) < 4.78 is 33.4. The maximum atomic E-state index is 13.3. The van der Waals surface area contributed by atoms with Crippen LogP contribution in [-0.4, -0.2) is 30.1 Å². The van der Waals surface area contributed by atoms with Crippen molar-refractivity contribution >= 4 is 33.2 Å². The molecule has 0 bridgehead atoms.